The monoisotopic (exact) mass is 526 g/mol. The van der Waals surface area contributed by atoms with Gasteiger partial charge in [0.2, 0.25) is 0 Å². The van der Waals surface area contributed by atoms with Gasteiger partial charge in [0.05, 0.1) is 22.1 Å². The molecular weight excluding hydrogens is 500 g/mol. The molecule has 1 atom stereocenters. The Morgan fingerprint density at radius 2 is 1.17 bits per heavy atom. The van der Waals surface area contributed by atoms with Crippen LogP contribution >= 0.6 is 0 Å². The highest BCUT2D eigenvalue weighted by molar-refractivity contribution is 6.19. The number of para-hydroxylation sites is 3. The van der Waals surface area contributed by atoms with Gasteiger partial charge in [-0.2, -0.15) is 0 Å². The Morgan fingerprint density at radius 1 is 0.512 bits per heavy atom. The molecule has 2 aliphatic heterocycles. The maximum Gasteiger partial charge on any atom is 0.123 e. The van der Waals surface area contributed by atoms with E-state index in [9.17, 15) is 0 Å². The minimum Gasteiger partial charge on any atom is -0.368 e. The highest BCUT2D eigenvalue weighted by Crippen LogP contribution is 2.39. The zero-order valence-corrected chi connectivity index (χ0v) is 22.3. The minimum atomic E-state index is 0.125. The fourth-order valence-corrected chi connectivity index (χ4v) is 6.65. The average molecular weight is 527 g/mol. The maximum atomic E-state index is 3.65. The highest BCUT2D eigenvalue weighted by atomic mass is 15.1. The van der Waals surface area contributed by atoms with Crippen molar-refractivity contribution in [2.75, 3.05) is 0 Å². The molecular formula is C37H26N4. The lowest BCUT2D eigenvalue weighted by Gasteiger charge is -2.23. The van der Waals surface area contributed by atoms with E-state index in [1.165, 1.54) is 54.9 Å². The Bertz CT molecular complexity index is 2260. The van der Waals surface area contributed by atoms with E-state index < -0.39 is 0 Å². The quantitative estimate of drug-likeness (QED) is 0.243. The van der Waals surface area contributed by atoms with E-state index in [1.807, 2.05) is 6.20 Å². The van der Waals surface area contributed by atoms with Crippen LogP contribution in [0.5, 0.6) is 0 Å². The van der Waals surface area contributed by atoms with Gasteiger partial charge in [0.25, 0.3) is 0 Å². The fourth-order valence-electron chi connectivity index (χ4n) is 6.65. The molecule has 9 rings (SSSR count). The second-order valence-corrected chi connectivity index (χ2v) is 10.8. The van der Waals surface area contributed by atoms with Crippen LogP contribution < -0.4 is 10.6 Å². The predicted molar refractivity (Wildman–Crippen MR) is 170 cm³/mol. The number of fused-ring (bicyclic) bond motifs is 7. The molecule has 2 aliphatic rings. The van der Waals surface area contributed by atoms with Gasteiger partial charge in [0.1, 0.15) is 6.17 Å². The second-order valence-electron chi connectivity index (χ2n) is 10.8. The summed E-state index contributed by atoms with van der Waals surface area (Å²) in [7, 11) is 0. The topological polar surface area (TPSA) is 33.9 Å². The minimum absolute atomic E-state index is 0.125. The number of aromatic nitrogens is 2. The van der Waals surface area contributed by atoms with Crippen LogP contribution in [0.4, 0.5) is 0 Å². The maximum absolute atomic E-state index is 3.65. The highest BCUT2D eigenvalue weighted by Gasteiger charge is 2.21. The SMILES string of the molecule is C1=CC2=CC=C(c3cccc(-n4c5ccccc5c5cc6c7ccccc7n(-c7ccccc7)c6cc54)c3)NC2N1. The molecule has 0 saturated heterocycles. The summed E-state index contributed by atoms with van der Waals surface area (Å²) in [6.45, 7) is 0. The van der Waals surface area contributed by atoms with Crippen molar-refractivity contribution < 1.29 is 0 Å². The number of allylic oxidation sites excluding steroid dienone is 2. The van der Waals surface area contributed by atoms with Crippen molar-refractivity contribution in [1.82, 2.24) is 19.8 Å². The third kappa shape index (κ3) is 3.28. The molecule has 0 radical (unpaired) electrons. The summed E-state index contributed by atoms with van der Waals surface area (Å²) < 4.78 is 4.81. The van der Waals surface area contributed by atoms with Gasteiger partial charge < -0.3 is 19.8 Å². The van der Waals surface area contributed by atoms with Crippen molar-refractivity contribution in [3.8, 4) is 11.4 Å². The van der Waals surface area contributed by atoms with Gasteiger partial charge in [0, 0.05) is 38.6 Å². The number of benzene rings is 5. The predicted octanol–water partition coefficient (Wildman–Crippen LogP) is 8.19. The molecule has 1 unspecified atom stereocenters. The van der Waals surface area contributed by atoms with Gasteiger partial charge in [0.15, 0.2) is 0 Å². The molecule has 2 N–H and O–H groups in total. The van der Waals surface area contributed by atoms with Crippen molar-refractivity contribution in [3.05, 3.63) is 151 Å². The average Bonchev–Trinajstić information content (AvgIpc) is 3.72. The van der Waals surface area contributed by atoms with E-state index in [2.05, 4.69) is 153 Å². The lowest BCUT2D eigenvalue weighted by Crippen LogP contribution is -2.38. The molecule has 5 aromatic carbocycles. The molecule has 4 heteroatoms. The summed E-state index contributed by atoms with van der Waals surface area (Å²) >= 11 is 0. The number of hydrogen-bond acceptors (Lipinski definition) is 2. The van der Waals surface area contributed by atoms with E-state index in [4.69, 9.17) is 0 Å². The summed E-state index contributed by atoms with van der Waals surface area (Å²) in [6.07, 6.45) is 8.62. The van der Waals surface area contributed by atoms with E-state index in [0.717, 1.165) is 16.9 Å². The number of rotatable bonds is 3. The largest absolute Gasteiger partial charge is 0.368 e. The van der Waals surface area contributed by atoms with Crippen LogP contribution in [0.2, 0.25) is 0 Å². The zero-order valence-electron chi connectivity index (χ0n) is 22.3. The Kier molecular flexibility index (Phi) is 4.64. The molecule has 0 fully saturated rings. The van der Waals surface area contributed by atoms with Crippen LogP contribution in [-0.2, 0) is 0 Å². The first-order chi connectivity index (χ1) is 20.3. The summed E-state index contributed by atoms with van der Waals surface area (Å²) in [5.74, 6) is 0. The molecule has 0 aliphatic carbocycles. The number of nitrogens with zero attached hydrogens (tertiary/aromatic N) is 2. The molecule has 7 aromatic rings. The molecule has 0 saturated carbocycles. The van der Waals surface area contributed by atoms with Crippen LogP contribution in [0, 0.1) is 0 Å². The first-order valence-electron chi connectivity index (χ1n) is 14.1. The van der Waals surface area contributed by atoms with Crippen LogP contribution in [0.25, 0.3) is 60.7 Å². The molecule has 194 valence electrons. The first kappa shape index (κ1) is 22.3. The standard InChI is InChI=1S/C37H26N4/c1-2-10-26(11-3-1)40-33-15-6-4-13-28(33)30-22-31-29-14-5-7-16-34(29)41(36(31)23-35(30)40)27-12-8-9-25(21-27)32-18-17-24-19-20-38-37(24)39-32/h1-23,37-39H. The Morgan fingerprint density at radius 3 is 1.93 bits per heavy atom. The normalized spacial score (nSPS) is 16.1. The third-order valence-corrected chi connectivity index (χ3v) is 8.51. The Balaban J connectivity index is 1.33. The summed E-state index contributed by atoms with van der Waals surface area (Å²) in [4.78, 5) is 0. The van der Waals surface area contributed by atoms with Crippen molar-refractivity contribution in [1.29, 1.82) is 0 Å². The Labute approximate surface area is 237 Å². The first-order valence-corrected chi connectivity index (χ1v) is 14.1. The van der Waals surface area contributed by atoms with Crippen molar-refractivity contribution in [2.24, 2.45) is 0 Å². The van der Waals surface area contributed by atoms with Crippen LogP contribution in [0.1, 0.15) is 5.56 Å². The van der Waals surface area contributed by atoms with E-state index in [0.29, 0.717) is 0 Å². The lowest BCUT2D eigenvalue weighted by atomic mass is 10.0. The molecule has 0 amide bonds. The van der Waals surface area contributed by atoms with Gasteiger partial charge in [-0.25, -0.2) is 0 Å². The van der Waals surface area contributed by atoms with E-state index in [-0.39, 0.29) is 6.17 Å². The second kappa shape index (κ2) is 8.51. The summed E-state index contributed by atoms with van der Waals surface area (Å²) in [5.41, 5.74) is 10.7. The van der Waals surface area contributed by atoms with Gasteiger partial charge in [-0.1, -0.05) is 72.8 Å². The van der Waals surface area contributed by atoms with Crippen LogP contribution in [0.15, 0.2) is 145 Å². The lowest BCUT2D eigenvalue weighted by molar-refractivity contribution is 0.646. The number of hydrogen-bond donors (Lipinski definition) is 2. The number of nitrogens with one attached hydrogen (secondary N) is 2. The van der Waals surface area contributed by atoms with E-state index >= 15 is 0 Å². The van der Waals surface area contributed by atoms with Gasteiger partial charge in [-0.3, -0.25) is 0 Å². The fraction of sp³-hybridized carbons (Fsp3) is 0.0270. The number of dihydropyridines is 1. The molecule has 0 bridgehead atoms. The van der Waals surface area contributed by atoms with Gasteiger partial charge in [-0.05, 0) is 78.0 Å². The van der Waals surface area contributed by atoms with Crippen LogP contribution in [-0.4, -0.2) is 15.3 Å². The smallest absolute Gasteiger partial charge is 0.123 e. The summed E-state index contributed by atoms with van der Waals surface area (Å²) in [6, 6.07) is 41.8. The van der Waals surface area contributed by atoms with Crippen molar-refractivity contribution in [3.63, 3.8) is 0 Å². The molecule has 2 aromatic heterocycles. The van der Waals surface area contributed by atoms with Gasteiger partial charge >= 0.3 is 0 Å². The molecule has 0 spiro atoms. The summed E-state index contributed by atoms with van der Waals surface area (Å²) in [5, 5.41) is 12.1. The molecule has 4 heterocycles. The third-order valence-electron chi connectivity index (χ3n) is 8.51. The van der Waals surface area contributed by atoms with Crippen molar-refractivity contribution in [2.45, 2.75) is 6.17 Å². The zero-order chi connectivity index (χ0) is 26.9. The van der Waals surface area contributed by atoms with E-state index in [1.54, 1.807) is 0 Å². The molecule has 41 heavy (non-hydrogen) atoms. The Hall–Kier alpha value is -5.48. The van der Waals surface area contributed by atoms with Gasteiger partial charge in [-0.15, -0.1) is 0 Å². The van der Waals surface area contributed by atoms with Crippen LogP contribution in [0.3, 0.4) is 0 Å². The molecule has 4 nitrogen and oxygen atoms in total. The van der Waals surface area contributed by atoms with Crippen molar-refractivity contribution >= 4 is 49.3 Å².